The highest BCUT2D eigenvalue weighted by Crippen LogP contribution is 2.42. The van der Waals surface area contributed by atoms with Crippen molar-refractivity contribution >= 4 is 51.4 Å². The Morgan fingerprint density at radius 3 is 2.48 bits per heavy atom. The number of ether oxygens (including phenoxy) is 1. The van der Waals surface area contributed by atoms with Crippen LogP contribution < -0.4 is 26.2 Å². The van der Waals surface area contributed by atoms with Crippen LogP contribution in [0.1, 0.15) is 24.2 Å². The molecule has 1 aliphatic rings. The lowest BCUT2D eigenvalue weighted by Gasteiger charge is -2.17. The van der Waals surface area contributed by atoms with E-state index in [2.05, 4.69) is 36.0 Å². The van der Waals surface area contributed by atoms with E-state index < -0.39 is 17.4 Å². The maximum atomic E-state index is 13.7. The summed E-state index contributed by atoms with van der Waals surface area (Å²) in [5.41, 5.74) is 0.855. The number of amides is 1. The number of methoxy groups -OCH3 is 1. The second-order valence-corrected chi connectivity index (χ2v) is 11.8. The average molecular weight is 700 g/mol. The molecule has 3 aromatic heterocycles. The van der Waals surface area contributed by atoms with E-state index in [9.17, 15) is 22.8 Å². The molecule has 0 aliphatic carbocycles. The fourth-order valence-electron chi connectivity index (χ4n) is 5.40. The summed E-state index contributed by atoms with van der Waals surface area (Å²) in [6, 6.07) is 11.0. The lowest BCUT2D eigenvalue weighted by molar-refractivity contribution is -0.141. The van der Waals surface area contributed by atoms with Crippen LogP contribution in [0.5, 0.6) is 5.88 Å². The summed E-state index contributed by atoms with van der Waals surface area (Å²) in [7, 11) is 2.87. The van der Waals surface area contributed by atoms with Crippen molar-refractivity contribution in [1.82, 2.24) is 35.4 Å². The minimum absolute atomic E-state index is 0.0356. The van der Waals surface area contributed by atoms with Gasteiger partial charge in [0.15, 0.2) is 0 Å². The van der Waals surface area contributed by atoms with Gasteiger partial charge < -0.3 is 20.7 Å². The number of aryl methyl sites for hydroxylation is 1. The maximum Gasteiger partial charge on any atom is 0.433 e. The van der Waals surface area contributed by atoms with E-state index in [1.807, 2.05) is 0 Å². The number of fused-ring (bicyclic) bond motifs is 1. The van der Waals surface area contributed by atoms with Gasteiger partial charge in [0.25, 0.3) is 5.56 Å². The van der Waals surface area contributed by atoms with Crippen molar-refractivity contribution < 1.29 is 22.7 Å². The molecule has 1 unspecified atom stereocenters. The molecule has 1 atom stereocenters. The number of anilines is 2. The predicted molar refractivity (Wildman–Crippen MR) is 175 cm³/mol. The van der Waals surface area contributed by atoms with Crippen LogP contribution in [0.2, 0.25) is 10.0 Å². The van der Waals surface area contributed by atoms with Gasteiger partial charge in [0.2, 0.25) is 11.8 Å². The summed E-state index contributed by atoms with van der Waals surface area (Å²) in [5.74, 6) is 0.00750. The Morgan fingerprint density at radius 2 is 1.77 bits per heavy atom. The smallest absolute Gasteiger partial charge is 0.433 e. The molecule has 1 saturated heterocycles. The molecule has 1 amide bonds. The fraction of sp³-hybridized carbons (Fsp3) is 0.250. The third-order valence-corrected chi connectivity index (χ3v) is 8.62. The molecule has 6 rings (SSSR count). The summed E-state index contributed by atoms with van der Waals surface area (Å²) >= 11 is 13.8. The van der Waals surface area contributed by atoms with Gasteiger partial charge in [-0.1, -0.05) is 53.5 Å². The van der Waals surface area contributed by atoms with Crippen LogP contribution in [0.15, 0.2) is 59.7 Å². The first-order chi connectivity index (χ1) is 22.9. The lowest BCUT2D eigenvalue weighted by Crippen LogP contribution is -2.35. The van der Waals surface area contributed by atoms with Gasteiger partial charge in [0, 0.05) is 54.7 Å². The zero-order valence-corrected chi connectivity index (χ0v) is 27.0. The van der Waals surface area contributed by atoms with Gasteiger partial charge in [-0.2, -0.15) is 18.3 Å². The van der Waals surface area contributed by atoms with Gasteiger partial charge in [0.1, 0.15) is 17.2 Å². The molecule has 1 aliphatic heterocycles. The highest BCUT2D eigenvalue weighted by Gasteiger charge is 2.34. The highest BCUT2D eigenvalue weighted by atomic mass is 35.5. The van der Waals surface area contributed by atoms with E-state index in [-0.39, 0.29) is 39.2 Å². The number of benzene rings is 2. The number of carbonyl (C=O) groups excluding carboxylic acids is 1. The van der Waals surface area contributed by atoms with Gasteiger partial charge >= 0.3 is 6.18 Å². The Balaban J connectivity index is 1.32. The Morgan fingerprint density at radius 1 is 1.04 bits per heavy atom. The first kappa shape index (κ1) is 33.1. The number of alkyl halides is 3. The van der Waals surface area contributed by atoms with E-state index in [0.29, 0.717) is 58.5 Å². The van der Waals surface area contributed by atoms with Crippen molar-refractivity contribution in [2.75, 3.05) is 19.0 Å². The van der Waals surface area contributed by atoms with Crippen molar-refractivity contribution in [2.45, 2.75) is 31.6 Å². The van der Waals surface area contributed by atoms with Gasteiger partial charge in [0.05, 0.1) is 46.3 Å². The molecule has 0 saturated carbocycles. The van der Waals surface area contributed by atoms with Crippen LogP contribution in [-0.4, -0.2) is 50.3 Å². The Labute approximate surface area is 281 Å². The number of pyridine rings is 1. The van der Waals surface area contributed by atoms with Crippen LogP contribution in [0.25, 0.3) is 33.2 Å². The van der Waals surface area contributed by atoms with Crippen LogP contribution >= 0.6 is 23.2 Å². The lowest BCUT2D eigenvalue weighted by atomic mass is 10.0. The van der Waals surface area contributed by atoms with Crippen molar-refractivity contribution in [1.29, 1.82) is 0 Å². The molecule has 0 bridgehead atoms. The van der Waals surface area contributed by atoms with Gasteiger partial charge in [-0.15, -0.1) is 0 Å². The summed E-state index contributed by atoms with van der Waals surface area (Å²) in [6.45, 7) is 0.944. The third kappa shape index (κ3) is 6.64. The van der Waals surface area contributed by atoms with Gasteiger partial charge in [-0.25, -0.2) is 14.6 Å². The number of hydrogen-bond donors (Lipinski definition) is 3. The molecule has 1 fully saturated rings. The number of nitrogens with one attached hydrogen (secondary N) is 3. The van der Waals surface area contributed by atoms with E-state index in [1.165, 1.54) is 20.4 Å². The molecule has 16 heteroatoms. The van der Waals surface area contributed by atoms with E-state index in [1.54, 1.807) is 42.6 Å². The molecule has 2 aromatic carbocycles. The van der Waals surface area contributed by atoms with Crippen molar-refractivity contribution in [2.24, 2.45) is 7.05 Å². The van der Waals surface area contributed by atoms with Gasteiger partial charge in [-0.05, 0) is 18.6 Å². The summed E-state index contributed by atoms with van der Waals surface area (Å²) < 4.78 is 47.7. The summed E-state index contributed by atoms with van der Waals surface area (Å²) in [5, 5.41) is 13.2. The zero-order chi connectivity index (χ0) is 34.2. The maximum absolute atomic E-state index is 13.7. The quantitative estimate of drug-likeness (QED) is 0.172. The summed E-state index contributed by atoms with van der Waals surface area (Å²) in [6.07, 6.45) is -0.761. The molecule has 248 valence electrons. The molecule has 4 heterocycles. The Bertz CT molecular complexity index is 2110. The number of carbonyl (C=O) groups is 1. The van der Waals surface area contributed by atoms with E-state index in [0.717, 1.165) is 17.2 Å². The fourth-order valence-corrected chi connectivity index (χ4v) is 6.00. The SMILES string of the molecule is COc1nc(-c2cccc(-c3cccc(Nc4nc(C(F)(F)F)cc5cnn(C)c(=O)c45)c3Cl)c2Cl)cnc1CNCC1CCC(=O)N1. The topological polar surface area (TPSA) is 136 Å². The highest BCUT2D eigenvalue weighted by molar-refractivity contribution is 6.39. The molecule has 11 nitrogen and oxygen atoms in total. The third-order valence-electron chi connectivity index (χ3n) is 7.81. The van der Waals surface area contributed by atoms with Crippen molar-refractivity contribution in [3.63, 3.8) is 0 Å². The predicted octanol–water partition coefficient (Wildman–Crippen LogP) is 5.90. The van der Waals surface area contributed by atoms with Crippen molar-refractivity contribution in [3.8, 4) is 28.3 Å². The molecule has 0 spiro atoms. The number of nitrogens with zero attached hydrogens (tertiary/aromatic N) is 5. The number of hydrogen-bond acceptors (Lipinski definition) is 9. The molecule has 5 aromatic rings. The number of halogens is 5. The molecule has 0 radical (unpaired) electrons. The second-order valence-electron chi connectivity index (χ2n) is 11.0. The molecule has 3 N–H and O–H groups in total. The first-order valence-corrected chi connectivity index (χ1v) is 15.4. The van der Waals surface area contributed by atoms with E-state index in [4.69, 9.17) is 27.9 Å². The Hall–Kier alpha value is -4.79. The van der Waals surface area contributed by atoms with E-state index >= 15 is 0 Å². The number of aromatic nitrogens is 5. The largest absolute Gasteiger partial charge is 0.480 e. The average Bonchev–Trinajstić information content (AvgIpc) is 3.48. The first-order valence-electron chi connectivity index (χ1n) is 14.6. The standard InChI is InChI=1S/C32H27Cl2F3N8O3/c1-45-31(47)26-16(12-40-45)11-24(32(35,36)37)44-29(26)42-21-8-4-6-19(28(21)34)18-5-3-7-20(27(18)33)22-15-39-23(30(43-22)48-2)14-38-13-17-9-10-25(46)41-17/h3-8,11-12,15,17,38H,9-10,13-14H2,1-2H3,(H,41,46)(H,42,44). The molecule has 48 heavy (non-hydrogen) atoms. The minimum atomic E-state index is -4.78. The second kappa shape index (κ2) is 13.4. The normalized spacial score (nSPS) is 14.7. The van der Waals surface area contributed by atoms with Crippen LogP contribution in [0.3, 0.4) is 0 Å². The van der Waals surface area contributed by atoms with Crippen LogP contribution in [-0.2, 0) is 24.6 Å². The Kier molecular flexibility index (Phi) is 9.23. The van der Waals surface area contributed by atoms with Crippen LogP contribution in [0.4, 0.5) is 24.7 Å². The molecular formula is C32H27Cl2F3N8O3. The van der Waals surface area contributed by atoms with Crippen molar-refractivity contribution in [3.05, 3.63) is 86.6 Å². The molecular weight excluding hydrogens is 672 g/mol. The van der Waals surface area contributed by atoms with Crippen LogP contribution in [0, 0.1) is 0 Å². The number of rotatable bonds is 9. The van der Waals surface area contributed by atoms with Gasteiger partial charge in [-0.3, -0.25) is 14.6 Å². The monoisotopic (exact) mass is 698 g/mol. The minimum Gasteiger partial charge on any atom is -0.480 e. The zero-order valence-electron chi connectivity index (χ0n) is 25.5. The summed E-state index contributed by atoms with van der Waals surface area (Å²) in [4.78, 5) is 37.3.